The molecule has 2 heterocycles. The summed E-state index contributed by atoms with van der Waals surface area (Å²) in [6.45, 7) is 4.10. The van der Waals surface area contributed by atoms with Crippen LogP contribution in [0.3, 0.4) is 0 Å². The number of aliphatic hydroxyl groups excluding tert-OH is 3. The number of aliphatic hydroxyl groups is 3. The lowest BCUT2D eigenvalue weighted by molar-refractivity contribution is -0.139. The molecule has 2 aliphatic rings. The highest BCUT2D eigenvalue weighted by molar-refractivity contribution is 5.90. The van der Waals surface area contributed by atoms with Gasteiger partial charge < -0.3 is 24.8 Å². The van der Waals surface area contributed by atoms with Crippen LogP contribution in [0, 0.1) is 0 Å². The lowest BCUT2D eigenvalue weighted by atomic mass is 9.99. The van der Waals surface area contributed by atoms with E-state index in [1.807, 2.05) is 13.0 Å². The molecule has 41 heavy (non-hydrogen) atoms. The molecule has 2 rings (SSSR count). The summed E-state index contributed by atoms with van der Waals surface area (Å²) in [5.41, 5.74) is 0.617. The van der Waals surface area contributed by atoms with E-state index in [1.54, 1.807) is 0 Å². The van der Waals surface area contributed by atoms with E-state index in [1.165, 1.54) is 83.5 Å². The molecule has 0 amide bonds. The SMILES string of the molecule is CCCCCCCCCCCC[C@H](O)[C@@H]1CC[C@H]([C@@H](O)CCCCCCCCCC[C@@H](O)CC2=C[C@H](C)OC2=O)O1. The highest BCUT2D eigenvalue weighted by atomic mass is 16.5. The molecule has 1 saturated heterocycles. The fraction of sp³-hybridized carbons (Fsp3) is 0.914. The zero-order chi connectivity index (χ0) is 29.7. The first-order valence-corrected chi connectivity index (χ1v) is 17.5. The number of hydrogen-bond acceptors (Lipinski definition) is 6. The zero-order valence-corrected chi connectivity index (χ0v) is 26.6. The summed E-state index contributed by atoms with van der Waals surface area (Å²) in [6.07, 6.45) is 26.7. The first-order valence-electron chi connectivity index (χ1n) is 17.5. The monoisotopic (exact) mass is 580 g/mol. The Balaban J connectivity index is 1.37. The predicted molar refractivity (Wildman–Crippen MR) is 167 cm³/mol. The molecule has 6 nitrogen and oxygen atoms in total. The van der Waals surface area contributed by atoms with Crippen molar-refractivity contribution in [3.8, 4) is 0 Å². The fourth-order valence-corrected chi connectivity index (χ4v) is 6.40. The Hall–Kier alpha value is -0.950. The number of hydrogen-bond donors (Lipinski definition) is 3. The van der Waals surface area contributed by atoms with Gasteiger partial charge in [-0.05, 0) is 45.1 Å². The van der Waals surface area contributed by atoms with Crippen LogP contribution in [0.15, 0.2) is 11.6 Å². The minimum Gasteiger partial charge on any atom is -0.455 e. The number of carbonyl (C=O) groups is 1. The molecular weight excluding hydrogens is 516 g/mol. The lowest BCUT2D eigenvalue weighted by Gasteiger charge is -2.22. The largest absolute Gasteiger partial charge is 0.455 e. The standard InChI is InChI=1S/C35H64O6/c1-3-4-5-6-7-8-9-13-16-19-22-31(37)33-24-25-34(41-33)32(38)23-20-17-14-11-10-12-15-18-21-30(36)27-29-26-28(2)40-35(29)39/h26,28,30-34,36-38H,3-25,27H2,1-2H3/t28-,30+,31-,32-,33-,34+/m0/s1. The van der Waals surface area contributed by atoms with Crippen LogP contribution in [0.25, 0.3) is 0 Å². The number of rotatable bonds is 26. The Morgan fingerprint density at radius 3 is 1.51 bits per heavy atom. The Labute approximate surface area is 251 Å². The molecule has 2 aliphatic heterocycles. The molecule has 0 aromatic heterocycles. The third-order valence-electron chi connectivity index (χ3n) is 9.03. The molecule has 0 saturated carbocycles. The molecule has 0 radical (unpaired) electrons. The minimum atomic E-state index is -0.461. The number of cyclic esters (lactones) is 1. The maximum absolute atomic E-state index is 11.6. The lowest BCUT2D eigenvalue weighted by Crippen LogP contribution is -2.31. The molecule has 6 atom stereocenters. The molecule has 1 fully saturated rings. The van der Waals surface area contributed by atoms with Gasteiger partial charge in [-0.25, -0.2) is 4.79 Å². The zero-order valence-electron chi connectivity index (χ0n) is 26.6. The van der Waals surface area contributed by atoms with Gasteiger partial charge in [-0.1, -0.05) is 122 Å². The number of ether oxygens (including phenoxy) is 2. The third-order valence-corrected chi connectivity index (χ3v) is 9.03. The first kappa shape index (κ1) is 36.2. The van der Waals surface area contributed by atoms with Crippen molar-refractivity contribution in [3.63, 3.8) is 0 Å². The second-order valence-electron chi connectivity index (χ2n) is 13.0. The van der Waals surface area contributed by atoms with E-state index in [4.69, 9.17) is 9.47 Å². The topological polar surface area (TPSA) is 96.2 Å². The molecule has 0 bridgehead atoms. The van der Waals surface area contributed by atoms with Crippen molar-refractivity contribution >= 4 is 5.97 Å². The van der Waals surface area contributed by atoms with E-state index >= 15 is 0 Å². The third kappa shape index (κ3) is 16.5. The van der Waals surface area contributed by atoms with Gasteiger partial charge in [-0.3, -0.25) is 0 Å². The summed E-state index contributed by atoms with van der Waals surface area (Å²) < 4.78 is 11.2. The van der Waals surface area contributed by atoms with Crippen LogP contribution in [0.1, 0.15) is 168 Å². The van der Waals surface area contributed by atoms with Crippen LogP contribution in [0.2, 0.25) is 0 Å². The molecular formula is C35H64O6. The van der Waals surface area contributed by atoms with Crippen molar-refractivity contribution < 1.29 is 29.6 Å². The minimum absolute atomic E-state index is 0.102. The van der Waals surface area contributed by atoms with Crippen LogP contribution in [0.5, 0.6) is 0 Å². The van der Waals surface area contributed by atoms with Crippen LogP contribution in [0.4, 0.5) is 0 Å². The second kappa shape index (κ2) is 22.6. The maximum Gasteiger partial charge on any atom is 0.334 e. The summed E-state index contributed by atoms with van der Waals surface area (Å²) in [4.78, 5) is 11.6. The number of unbranched alkanes of at least 4 members (excludes halogenated alkanes) is 16. The Bertz CT molecular complexity index is 694. The highest BCUT2D eigenvalue weighted by Crippen LogP contribution is 2.28. The van der Waals surface area contributed by atoms with Crippen LogP contribution in [-0.2, 0) is 14.3 Å². The highest BCUT2D eigenvalue weighted by Gasteiger charge is 2.34. The Morgan fingerprint density at radius 1 is 0.683 bits per heavy atom. The van der Waals surface area contributed by atoms with Gasteiger partial charge in [0.25, 0.3) is 0 Å². The maximum atomic E-state index is 11.6. The second-order valence-corrected chi connectivity index (χ2v) is 13.0. The van der Waals surface area contributed by atoms with Gasteiger partial charge in [0.15, 0.2) is 0 Å². The smallest absolute Gasteiger partial charge is 0.334 e. The molecule has 0 aromatic rings. The van der Waals surface area contributed by atoms with E-state index in [0.717, 1.165) is 64.2 Å². The molecule has 0 spiro atoms. The molecule has 240 valence electrons. The fourth-order valence-electron chi connectivity index (χ4n) is 6.40. The van der Waals surface area contributed by atoms with Crippen LogP contribution < -0.4 is 0 Å². The summed E-state index contributed by atoms with van der Waals surface area (Å²) >= 11 is 0. The Morgan fingerprint density at radius 2 is 1.10 bits per heavy atom. The van der Waals surface area contributed by atoms with Gasteiger partial charge in [0.2, 0.25) is 0 Å². The quantitative estimate of drug-likeness (QED) is 0.0707. The summed E-state index contributed by atoms with van der Waals surface area (Å²) in [5, 5.41) is 31.4. The summed E-state index contributed by atoms with van der Waals surface area (Å²) in [7, 11) is 0. The van der Waals surface area contributed by atoms with Gasteiger partial charge >= 0.3 is 5.97 Å². The number of carbonyl (C=O) groups excluding carboxylic acids is 1. The van der Waals surface area contributed by atoms with Crippen molar-refractivity contribution in [2.75, 3.05) is 0 Å². The van der Waals surface area contributed by atoms with Crippen LogP contribution >= 0.6 is 0 Å². The van der Waals surface area contributed by atoms with Gasteiger partial charge in [0.05, 0.1) is 30.5 Å². The van der Waals surface area contributed by atoms with Crippen molar-refractivity contribution in [3.05, 3.63) is 11.6 Å². The van der Waals surface area contributed by atoms with E-state index < -0.39 is 18.3 Å². The van der Waals surface area contributed by atoms with E-state index in [9.17, 15) is 20.1 Å². The van der Waals surface area contributed by atoms with Gasteiger partial charge in [0.1, 0.15) is 6.10 Å². The molecule has 3 N–H and O–H groups in total. The number of esters is 1. The van der Waals surface area contributed by atoms with Crippen molar-refractivity contribution in [2.45, 2.75) is 205 Å². The Kier molecular flexibility index (Phi) is 20.0. The summed E-state index contributed by atoms with van der Waals surface area (Å²) in [6, 6.07) is 0. The van der Waals surface area contributed by atoms with E-state index in [-0.39, 0.29) is 24.3 Å². The molecule has 6 heteroatoms. The molecule has 0 aromatic carbocycles. The average Bonchev–Trinajstić information content (AvgIpc) is 3.57. The van der Waals surface area contributed by atoms with E-state index in [0.29, 0.717) is 12.0 Å². The summed E-state index contributed by atoms with van der Waals surface area (Å²) in [5.74, 6) is -0.280. The molecule has 0 aliphatic carbocycles. The normalized spacial score (nSPS) is 23.0. The van der Waals surface area contributed by atoms with Crippen molar-refractivity contribution in [1.29, 1.82) is 0 Å². The van der Waals surface area contributed by atoms with Gasteiger partial charge in [-0.2, -0.15) is 0 Å². The molecule has 0 unspecified atom stereocenters. The van der Waals surface area contributed by atoms with Gasteiger partial charge in [0, 0.05) is 12.0 Å². The first-order chi connectivity index (χ1) is 19.9. The van der Waals surface area contributed by atoms with E-state index in [2.05, 4.69) is 6.92 Å². The average molecular weight is 581 g/mol. The van der Waals surface area contributed by atoms with Crippen LogP contribution in [-0.4, -0.2) is 57.9 Å². The van der Waals surface area contributed by atoms with Crippen molar-refractivity contribution in [2.24, 2.45) is 0 Å². The van der Waals surface area contributed by atoms with Crippen molar-refractivity contribution in [1.82, 2.24) is 0 Å². The predicted octanol–water partition coefficient (Wildman–Crippen LogP) is 8.09. The van der Waals surface area contributed by atoms with Gasteiger partial charge in [-0.15, -0.1) is 0 Å².